The molecule has 0 fully saturated rings. The van der Waals surface area contributed by atoms with Crippen molar-refractivity contribution in [3.8, 4) is 0 Å². The minimum Gasteiger partial charge on any atom is -0.379 e. The summed E-state index contributed by atoms with van der Waals surface area (Å²) in [5.74, 6) is 0. The summed E-state index contributed by atoms with van der Waals surface area (Å²) in [6.45, 7) is 5.04. The van der Waals surface area contributed by atoms with E-state index in [1.54, 1.807) is 48.5 Å². The first-order valence-corrected chi connectivity index (χ1v) is 12.2. The molecule has 0 radical (unpaired) electrons. The second-order valence-corrected chi connectivity index (χ2v) is 9.75. The van der Waals surface area contributed by atoms with Gasteiger partial charge in [0, 0.05) is 22.8 Å². The number of hydrogen-bond acceptors (Lipinski definition) is 6. The maximum absolute atomic E-state index is 13.0. The number of aromatic nitrogens is 2. The van der Waals surface area contributed by atoms with E-state index in [4.69, 9.17) is 0 Å². The van der Waals surface area contributed by atoms with E-state index in [1.807, 2.05) is 50.2 Å². The van der Waals surface area contributed by atoms with Crippen LogP contribution in [0, 0.1) is 13.8 Å². The highest BCUT2D eigenvalue weighted by molar-refractivity contribution is 7.91. The lowest BCUT2D eigenvalue weighted by molar-refractivity contribution is 0.596. The highest BCUT2D eigenvalue weighted by Gasteiger charge is 2.17. The molecule has 33 heavy (non-hydrogen) atoms. The first-order valence-electron chi connectivity index (χ1n) is 10.7. The van der Waals surface area contributed by atoms with Gasteiger partial charge in [0.15, 0.2) is 0 Å². The molecule has 2 aromatic carbocycles. The van der Waals surface area contributed by atoms with Gasteiger partial charge in [0.2, 0.25) is 9.84 Å². The minimum absolute atomic E-state index is 0.256. The number of anilines is 2. The smallest absolute Gasteiger partial charge is 0.206 e. The maximum Gasteiger partial charge on any atom is 0.206 e. The van der Waals surface area contributed by atoms with Crippen LogP contribution in [0.4, 0.5) is 11.4 Å². The average molecular weight is 459 g/mol. The number of pyridine rings is 2. The van der Waals surface area contributed by atoms with Gasteiger partial charge < -0.3 is 10.6 Å². The molecule has 2 N–H and O–H groups in total. The summed E-state index contributed by atoms with van der Waals surface area (Å²) < 4.78 is 26.1. The predicted molar refractivity (Wildman–Crippen MR) is 131 cm³/mol. The summed E-state index contributed by atoms with van der Waals surface area (Å²) in [6, 6.07) is 25.3. The quantitative estimate of drug-likeness (QED) is 0.380. The van der Waals surface area contributed by atoms with Gasteiger partial charge in [0.05, 0.1) is 34.3 Å². The number of rotatable bonds is 8. The van der Waals surface area contributed by atoms with Crippen molar-refractivity contribution in [2.45, 2.75) is 36.7 Å². The molecule has 0 bridgehead atoms. The Kier molecular flexibility index (Phi) is 6.70. The van der Waals surface area contributed by atoms with E-state index in [2.05, 4.69) is 20.6 Å². The molecule has 0 atom stereocenters. The number of hydrogen-bond donors (Lipinski definition) is 2. The Morgan fingerprint density at radius 3 is 1.36 bits per heavy atom. The standard InChI is InChI=1S/C26H26N4O2S/c1-19-5-3-7-23(29-19)17-27-21-9-13-25(14-10-21)33(31,32)26-15-11-22(12-16-26)28-18-24-8-4-6-20(2)30-24/h3-16,27-28H,17-18H2,1-2H3. The Morgan fingerprint density at radius 2 is 1.00 bits per heavy atom. The van der Waals surface area contributed by atoms with E-state index in [-0.39, 0.29) is 9.79 Å². The Bertz CT molecular complexity index is 1240. The van der Waals surface area contributed by atoms with Gasteiger partial charge in [-0.05, 0) is 86.6 Å². The third-order valence-electron chi connectivity index (χ3n) is 5.17. The van der Waals surface area contributed by atoms with Crippen LogP contribution in [0.3, 0.4) is 0 Å². The van der Waals surface area contributed by atoms with Crippen molar-refractivity contribution >= 4 is 21.2 Å². The van der Waals surface area contributed by atoms with Crippen LogP contribution in [0.2, 0.25) is 0 Å². The predicted octanol–water partition coefficient (Wildman–Crippen LogP) is 5.15. The molecule has 2 heterocycles. The number of nitrogens with zero attached hydrogens (tertiary/aromatic N) is 2. The Morgan fingerprint density at radius 1 is 0.606 bits per heavy atom. The van der Waals surface area contributed by atoms with Crippen molar-refractivity contribution in [1.82, 2.24) is 9.97 Å². The molecule has 2 aromatic heterocycles. The molecule has 168 valence electrons. The van der Waals surface area contributed by atoms with Gasteiger partial charge in [-0.2, -0.15) is 0 Å². The zero-order valence-corrected chi connectivity index (χ0v) is 19.4. The van der Waals surface area contributed by atoms with Gasteiger partial charge in [-0.1, -0.05) is 12.1 Å². The lowest BCUT2D eigenvalue weighted by atomic mass is 10.3. The summed E-state index contributed by atoms with van der Waals surface area (Å²) >= 11 is 0. The molecule has 0 spiro atoms. The van der Waals surface area contributed by atoms with Crippen LogP contribution in [0.5, 0.6) is 0 Å². The zero-order valence-electron chi connectivity index (χ0n) is 18.6. The Hall–Kier alpha value is -3.71. The van der Waals surface area contributed by atoms with E-state index in [9.17, 15) is 8.42 Å². The van der Waals surface area contributed by atoms with Crippen LogP contribution < -0.4 is 10.6 Å². The van der Waals surface area contributed by atoms with Crippen LogP contribution >= 0.6 is 0 Å². The average Bonchev–Trinajstić information content (AvgIpc) is 2.82. The molecular weight excluding hydrogens is 432 g/mol. The molecule has 0 saturated carbocycles. The normalized spacial score (nSPS) is 11.2. The van der Waals surface area contributed by atoms with Crippen LogP contribution in [-0.2, 0) is 22.9 Å². The number of sulfone groups is 1. The van der Waals surface area contributed by atoms with E-state index >= 15 is 0 Å². The molecule has 4 rings (SSSR count). The molecule has 0 unspecified atom stereocenters. The first kappa shape index (κ1) is 22.5. The summed E-state index contributed by atoms with van der Waals surface area (Å²) in [4.78, 5) is 9.43. The molecule has 4 aromatic rings. The molecular formula is C26H26N4O2S. The van der Waals surface area contributed by atoms with Crippen LogP contribution in [0.1, 0.15) is 22.8 Å². The van der Waals surface area contributed by atoms with E-state index in [1.165, 1.54) is 0 Å². The van der Waals surface area contributed by atoms with E-state index in [0.29, 0.717) is 13.1 Å². The summed E-state index contributed by atoms with van der Waals surface area (Å²) in [7, 11) is -3.60. The Labute approximate surface area is 194 Å². The van der Waals surface area contributed by atoms with Gasteiger partial charge in [0.1, 0.15) is 0 Å². The van der Waals surface area contributed by atoms with E-state index < -0.39 is 9.84 Å². The summed E-state index contributed by atoms with van der Waals surface area (Å²) in [5.41, 5.74) is 5.45. The van der Waals surface area contributed by atoms with Gasteiger partial charge in [-0.3, -0.25) is 9.97 Å². The fraction of sp³-hybridized carbons (Fsp3) is 0.154. The molecule has 7 heteroatoms. The molecule has 0 aliphatic carbocycles. The maximum atomic E-state index is 13.0. The van der Waals surface area contributed by atoms with Crippen molar-refractivity contribution in [2.24, 2.45) is 0 Å². The van der Waals surface area contributed by atoms with Gasteiger partial charge >= 0.3 is 0 Å². The van der Waals surface area contributed by atoms with Crippen molar-refractivity contribution < 1.29 is 8.42 Å². The largest absolute Gasteiger partial charge is 0.379 e. The minimum atomic E-state index is -3.60. The molecule has 0 saturated heterocycles. The SMILES string of the molecule is Cc1cccc(CNc2ccc(S(=O)(=O)c3ccc(NCc4cccc(C)n4)cc3)cc2)n1. The van der Waals surface area contributed by atoms with Crippen LogP contribution in [0.25, 0.3) is 0 Å². The lowest BCUT2D eigenvalue weighted by Gasteiger charge is -2.10. The lowest BCUT2D eigenvalue weighted by Crippen LogP contribution is -2.05. The number of nitrogens with one attached hydrogen (secondary N) is 2. The number of aryl methyl sites for hydroxylation is 2. The second-order valence-electron chi connectivity index (χ2n) is 7.80. The van der Waals surface area contributed by atoms with Gasteiger partial charge in [-0.15, -0.1) is 0 Å². The van der Waals surface area contributed by atoms with Gasteiger partial charge in [-0.25, -0.2) is 8.42 Å². The van der Waals surface area contributed by atoms with Crippen molar-refractivity contribution in [3.05, 3.63) is 108 Å². The number of benzene rings is 2. The van der Waals surface area contributed by atoms with Gasteiger partial charge in [0.25, 0.3) is 0 Å². The topological polar surface area (TPSA) is 84.0 Å². The summed E-state index contributed by atoms with van der Waals surface area (Å²) in [6.07, 6.45) is 0. The molecule has 0 amide bonds. The highest BCUT2D eigenvalue weighted by atomic mass is 32.2. The third kappa shape index (κ3) is 5.75. The van der Waals surface area contributed by atoms with Crippen molar-refractivity contribution in [3.63, 3.8) is 0 Å². The summed E-state index contributed by atoms with van der Waals surface area (Å²) in [5, 5.41) is 6.55. The van der Waals surface area contributed by atoms with Crippen LogP contribution in [-0.4, -0.2) is 18.4 Å². The molecule has 6 nitrogen and oxygen atoms in total. The van der Waals surface area contributed by atoms with Crippen molar-refractivity contribution in [2.75, 3.05) is 10.6 Å². The van der Waals surface area contributed by atoms with Crippen LogP contribution in [0.15, 0.2) is 94.7 Å². The monoisotopic (exact) mass is 458 g/mol. The fourth-order valence-electron chi connectivity index (χ4n) is 3.42. The molecule has 0 aliphatic rings. The fourth-order valence-corrected chi connectivity index (χ4v) is 4.68. The second kappa shape index (κ2) is 9.83. The third-order valence-corrected chi connectivity index (χ3v) is 6.95. The Balaban J connectivity index is 1.39. The zero-order chi connectivity index (χ0) is 23.3. The first-order chi connectivity index (χ1) is 15.9. The van der Waals surface area contributed by atoms with E-state index in [0.717, 1.165) is 34.2 Å². The highest BCUT2D eigenvalue weighted by Crippen LogP contribution is 2.24. The molecule has 0 aliphatic heterocycles. The van der Waals surface area contributed by atoms with Crippen molar-refractivity contribution in [1.29, 1.82) is 0 Å².